The molecule has 0 N–H and O–H groups in total. The van der Waals surface area contributed by atoms with E-state index < -0.39 is 0 Å². The summed E-state index contributed by atoms with van der Waals surface area (Å²) < 4.78 is 0. The topological polar surface area (TPSA) is 0 Å². The average Bonchev–Trinajstić information content (AvgIpc) is 2.25. The maximum absolute atomic E-state index is 3.10. The molecule has 0 aliphatic heterocycles. The second-order valence-electron chi connectivity index (χ2n) is 3.59. The van der Waals surface area contributed by atoms with Crippen molar-refractivity contribution in [2.24, 2.45) is 0 Å². The zero-order chi connectivity index (χ0) is 11.1. The van der Waals surface area contributed by atoms with Crippen LogP contribution in [0.5, 0.6) is 0 Å². The van der Waals surface area contributed by atoms with Crippen LogP contribution in [-0.4, -0.2) is 0 Å². The molecular formula is C15H16Y-2. The van der Waals surface area contributed by atoms with E-state index in [-0.39, 0.29) is 32.7 Å². The number of aryl methyl sites for hydroxylation is 3. The van der Waals surface area contributed by atoms with E-state index >= 15 is 0 Å². The summed E-state index contributed by atoms with van der Waals surface area (Å²) in [5.41, 5.74) is 3.67. The Kier molecular flexibility index (Phi) is 8.42. The summed E-state index contributed by atoms with van der Waals surface area (Å²) in [5.74, 6) is 0. The quantitative estimate of drug-likeness (QED) is 0.644. The SMILES string of the molecule is Cc1[c-]cc(C)cc1.Cc1[c-]cccc1.[Y]. The molecule has 2 aromatic carbocycles. The van der Waals surface area contributed by atoms with Gasteiger partial charge in [0.05, 0.1) is 0 Å². The number of rotatable bonds is 0. The summed E-state index contributed by atoms with van der Waals surface area (Å²) in [7, 11) is 0. The molecule has 0 saturated carbocycles. The Morgan fingerprint density at radius 3 is 1.81 bits per heavy atom. The third-order valence-electron chi connectivity index (χ3n) is 1.99. The third kappa shape index (κ3) is 6.92. The molecular weight excluding hydrogens is 269 g/mol. The molecule has 2 rings (SSSR count). The molecule has 0 nitrogen and oxygen atoms in total. The van der Waals surface area contributed by atoms with E-state index in [2.05, 4.69) is 31.2 Å². The molecule has 0 amide bonds. The smallest absolute Gasteiger partial charge is 0 e. The average molecular weight is 285 g/mol. The fourth-order valence-corrected chi connectivity index (χ4v) is 1.06. The van der Waals surface area contributed by atoms with Gasteiger partial charge in [-0.2, -0.15) is 71.3 Å². The van der Waals surface area contributed by atoms with E-state index in [9.17, 15) is 0 Å². The van der Waals surface area contributed by atoms with Gasteiger partial charge in [0.25, 0.3) is 0 Å². The van der Waals surface area contributed by atoms with Gasteiger partial charge in [0, 0.05) is 32.7 Å². The van der Waals surface area contributed by atoms with Crippen molar-refractivity contribution in [3.05, 3.63) is 71.3 Å². The molecule has 0 saturated heterocycles. The molecule has 2 aromatic rings. The Bertz CT molecular complexity index is 355. The molecule has 0 atom stereocenters. The Morgan fingerprint density at radius 1 is 0.812 bits per heavy atom. The van der Waals surface area contributed by atoms with Gasteiger partial charge in [-0.25, -0.2) is 0 Å². The van der Waals surface area contributed by atoms with Crippen molar-refractivity contribution >= 4 is 0 Å². The van der Waals surface area contributed by atoms with E-state index in [1.807, 2.05) is 44.2 Å². The molecule has 81 valence electrons. The molecule has 0 spiro atoms. The van der Waals surface area contributed by atoms with Gasteiger partial charge < -0.3 is 0 Å². The summed E-state index contributed by atoms with van der Waals surface area (Å²) in [5, 5.41) is 0. The number of hydrogen-bond acceptors (Lipinski definition) is 0. The van der Waals surface area contributed by atoms with Crippen LogP contribution in [-0.2, 0) is 32.7 Å². The second kappa shape index (κ2) is 8.67. The van der Waals surface area contributed by atoms with Crippen LogP contribution in [0.3, 0.4) is 0 Å². The van der Waals surface area contributed by atoms with Crippen LogP contribution in [0, 0.1) is 32.9 Å². The first-order valence-electron chi connectivity index (χ1n) is 5.07. The zero-order valence-corrected chi connectivity index (χ0v) is 13.0. The maximum Gasteiger partial charge on any atom is 0 e. The number of hydrogen-bond donors (Lipinski definition) is 0. The van der Waals surface area contributed by atoms with Gasteiger partial charge >= 0.3 is 0 Å². The summed E-state index contributed by atoms with van der Waals surface area (Å²) in [4.78, 5) is 0. The summed E-state index contributed by atoms with van der Waals surface area (Å²) in [6.07, 6.45) is 0. The second-order valence-corrected chi connectivity index (χ2v) is 3.59. The van der Waals surface area contributed by atoms with Crippen LogP contribution in [0.4, 0.5) is 0 Å². The van der Waals surface area contributed by atoms with Gasteiger partial charge in [0.15, 0.2) is 0 Å². The fraction of sp³-hybridized carbons (Fsp3) is 0.200. The van der Waals surface area contributed by atoms with Crippen LogP contribution in [0.15, 0.2) is 42.5 Å². The van der Waals surface area contributed by atoms with Gasteiger partial charge in [-0.15, -0.1) is 0 Å². The van der Waals surface area contributed by atoms with Crippen LogP contribution in [0.2, 0.25) is 0 Å². The molecule has 0 unspecified atom stereocenters. The third-order valence-corrected chi connectivity index (χ3v) is 1.99. The minimum absolute atomic E-state index is 0. The Morgan fingerprint density at radius 2 is 1.50 bits per heavy atom. The van der Waals surface area contributed by atoms with Crippen molar-refractivity contribution in [3.63, 3.8) is 0 Å². The van der Waals surface area contributed by atoms with Crippen molar-refractivity contribution in [1.82, 2.24) is 0 Å². The van der Waals surface area contributed by atoms with E-state index in [0.717, 1.165) is 0 Å². The monoisotopic (exact) mass is 285 g/mol. The van der Waals surface area contributed by atoms with Crippen molar-refractivity contribution in [3.8, 4) is 0 Å². The van der Waals surface area contributed by atoms with Crippen molar-refractivity contribution < 1.29 is 32.7 Å². The first kappa shape index (κ1) is 15.5. The van der Waals surface area contributed by atoms with E-state index in [1.165, 1.54) is 16.7 Å². The Hall–Kier alpha value is -0.456. The minimum Gasteiger partial charge on any atom is -0.181 e. The molecule has 0 aliphatic carbocycles. The largest absolute Gasteiger partial charge is 0.181 e. The fourth-order valence-electron chi connectivity index (χ4n) is 1.06. The summed E-state index contributed by atoms with van der Waals surface area (Å²) in [6, 6.07) is 20.2. The maximum atomic E-state index is 3.10. The predicted molar refractivity (Wildman–Crippen MR) is 64.8 cm³/mol. The first-order valence-corrected chi connectivity index (χ1v) is 5.07. The van der Waals surface area contributed by atoms with Gasteiger partial charge in [0.1, 0.15) is 0 Å². The van der Waals surface area contributed by atoms with Crippen LogP contribution in [0.1, 0.15) is 16.7 Å². The standard InChI is InChI=1S/C8H9.C7H7.Y/c1-7-3-5-8(2)6-4-7;1-7-5-3-2-4-6-7;/h3-5H,1-2H3;2-5H,1H3;/q2*-1;. The molecule has 0 bridgehead atoms. The molecule has 0 aromatic heterocycles. The molecule has 1 heteroatoms. The van der Waals surface area contributed by atoms with Gasteiger partial charge in [-0.1, -0.05) is 20.8 Å². The summed E-state index contributed by atoms with van der Waals surface area (Å²) >= 11 is 0. The summed E-state index contributed by atoms with van der Waals surface area (Å²) in [6.45, 7) is 6.13. The normalized spacial score (nSPS) is 8.44. The van der Waals surface area contributed by atoms with E-state index in [1.54, 1.807) is 0 Å². The minimum atomic E-state index is 0. The Balaban J connectivity index is 0.000000267. The molecule has 0 aliphatic rings. The van der Waals surface area contributed by atoms with Crippen molar-refractivity contribution in [2.45, 2.75) is 20.8 Å². The van der Waals surface area contributed by atoms with Gasteiger partial charge in [-0.3, -0.25) is 0 Å². The predicted octanol–water partition coefficient (Wildman–Crippen LogP) is 3.90. The molecule has 0 heterocycles. The zero-order valence-electron chi connectivity index (χ0n) is 10.1. The van der Waals surface area contributed by atoms with Crippen LogP contribution < -0.4 is 0 Å². The first-order chi connectivity index (χ1) is 7.18. The van der Waals surface area contributed by atoms with Gasteiger partial charge in [-0.05, 0) is 0 Å². The van der Waals surface area contributed by atoms with Crippen molar-refractivity contribution in [2.75, 3.05) is 0 Å². The van der Waals surface area contributed by atoms with E-state index in [0.29, 0.717) is 0 Å². The van der Waals surface area contributed by atoms with E-state index in [4.69, 9.17) is 0 Å². The molecule has 1 radical (unpaired) electrons. The number of benzene rings is 2. The molecule has 0 fully saturated rings. The van der Waals surface area contributed by atoms with Gasteiger partial charge in [0.2, 0.25) is 0 Å². The molecule has 16 heavy (non-hydrogen) atoms. The Labute approximate surface area is 124 Å². The van der Waals surface area contributed by atoms with Crippen LogP contribution in [0.25, 0.3) is 0 Å². The van der Waals surface area contributed by atoms with Crippen LogP contribution >= 0.6 is 0 Å². The van der Waals surface area contributed by atoms with Crippen molar-refractivity contribution in [1.29, 1.82) is 0 Å².